The highest BCUT2D eigenvalue weighted by Crippen LogP contribution is 2.23. The maximum atomic E-state index is 5.27. The molecule has 10 heteroatoms. The SMILES string of the molecule is CSc1nn(CCCSc2nn(C)c(=S)s2)c(=S)s1. The molecule has 4 nitrogen and oxygen atoms in total. The number of thioether (sulfide) groups is 2. The summed E-state index contributed by atoms with van der Waals surface area (Å²) in [7, 11) is 1.88. The Kier molecular flexibility index (Phi) is 6.03. The van der Waals surface area contributed by atoms with Gasteiger partial charge in [-0.1, -0.05) is 46.2 Å². The zero-order valence-electron chi connectivity index (χ0n) is 10.4. The summed E-state index contributed by atoms with van der Waals surface area (Å²) in [6, 6.07) is 0. The number of rotatable bonds is 6. The maximum Gasteiger partial charge on any atom is 0.180 e. The van der Waals surface area contributed by atoms with E-state index < -0.39 is 0 Å². The smallest absolute Gasteiger partial charge is 0.180 e. The van der Waals surface area contributed by atoms with Crippen LogP contribution in [0.15, 0.2) is 8.68 Å². The third-order valence-corrected chi connectivity index (χ3v) is 7.09. The van der Waals surface area contributed by atoms with Crippen LogP contribution in [0, 0.1) is 7.91 Å². The van der Waals surface area contributed by atoms with Crippen LogP contribution in [0.5, 0.6) is 0 Å². The molecule has 0 saturated carbocycles. The van der Waals surface area contributed by atoms with Gasteiger partial charge in [-0.3, -0.25) is 0 Å². The minimum absolute atomic E-state index is 0.814. The van der Waals surface area contributed by atoms with Gasteiger partial charge >= 0.3 is 0 Å². The Hall–Kier alpha value is 0.260. The zero-order chi connectivity index (χ0) is 13.8. The number of nitrogens with zero attached hydrogens (tertiary/aromatic N) is 4. The summed E-state index contributed by atoms with van der Waals surface area (Å²) in [5.74, 6) is 0.996. The van der Waals surface area contributed by atoms with E-state index in [2.05, 4.69) is 10.2 Å². The highest BCUT2D eigenvalue weighted by molar-refractivity contribution is 8.01. The Labute approximate surface area is 138 Å². The van der Waals surface area contributed by atoms with Crippen LogP contribution in [-0.4, -0.2) is 31.6 Å². The van der Waals surface area contributed by atoms with Crippen molar-refractivity contribution in [2.75, 3.05) is 12.0 Å². The Morgan fingerprint density at radius 3 is 2.47 bits per heavy atom. The van der Waals surface area contributed by atoms with Crippen LogP contribution in [0.25, 0.3) is 0 Å². The van der Waals surface area contributed by atoms with Crippen molar-refractivity contribution >= 4 is 70.6 Å². The highest BCUT2D eigenvalue weighted by atomic mass is 32.2. The molecule has 0 radical (unpaired) electrons. The molecular weight excluding hydrogens is 357 g/mol. The van der Waals surface area contributed by atoms with E-state index in [0.29, 0.717) is 0 Å². The predicted octanol–water partition coefficient (Wildman–Crippen LogP) is 4.10. The Morgan fingerprint density at radius 1 is 1.16 bits per heavy atom. The average molecular weight is 369 g/mol. The largest absolute Gasteiger partial charge is 0.247 e. The molecule has 0 atom stereocenters. The lowest BCUT2D eigenvalue weighted by Gasteiger charge is -1.99. The second-order valence-corrected chi connectivity index (χ2v) is 9.16. The first-order valence-electron chi connectivity index (χ1n) is 5.39. The summed E-state index contributed by atoms with van der Waals surface area (Å²) in [5.41, 5.74) is 0. The van der Waals surface area contributed by atoms with E-state index in [1.54, 1.807) is 50.9 Å². The van der Waals surface area contributed by atoms with Crippen molar-refractivity contribution < 1.29 is 0 Å². The molecule has 0 fully saturated rings. The molecule has 0 bridgehead atoms. The molecule has 2 aromatic rings. The Morgan fingerprint density at radius 2 is 1.89 bits per heavy atom. The summed E-state index contributed by atoms with van der Waals surface area (Å²) >= 11 is 16.9. The third kappa shape index (κ3) is 4.36. The summed E-state index contributed by atoms with van der Waals surface area (Å²) in [4.78, 5) is 0. The molecule has 104 valence electrons. The molecule has 0 N–H and O–H groups in total. The van der Waals surface area contributed by atoms with Crippen molar-refractivity contribution in [3.05, 3.63) is 7.91 Å². The van der Waals surface area contributed by atoms with Gasteiger partial charge in [0, 0.05) is 19.3 Å². The number of hydrogen-bond donors (Lipinski definition) is 0. The van der Waals surface area contributed by atoms with Crippen molar-refractivity contribution in [2.45, 2.75) is 21.6 Å². The van der Waals surface area contributed by atoms with E-state index in [9.17, 15) is 0 Å². The van der Waals surface area contributed by atoms with Crippen LogP contribution in [0.4, 0.5) is 0 Å². The monoisotopic (exact) mass is 368 g/mol. The first-order chi connectivity index (χ1) is 9.10. The van der Waals surface area contributed by atoms with Crippen LogP contribution in [-0.2, 0) is 13.6 Å². The second-order valence-electron chi connectivity index (χ2n) is 3.52. The molecule has 2 rings (SSSR count). The lowest BCUT2D eigenvalue weighted by molar-refractivity contribution is 0.586. The first-order valence-corrected chi connectivity index (χ1v) is 10.0. The molecular formula is C9H12N4S6. The summed E-state index contributed by atoms with van der Waals surface area (Å²) in [6.07, 6.45) is 3.04. The fraction of sp³-hybridized carbons (Fsp3) is 0.556. The van der Waals surface area contributed by atoms with E-state index in [1.165, 1.54) is 0 Å². The van der Waals surface area contributed by atoms with Gasteiger partial charge in [-0.15, -0.1) is 0 Å². The van der Waals surface area contributed by atoms with Crippen molar-refractivity contribution in [1.82, 2.24) is 19.6 Å². The van der Waals surface area contributed by atoms with Gasteiger partial charge in [0.25, 0.3) is 0 Å². The first kappa shape index (κ1) is 15.6. The minimum atomic E-state index is 0.814. The maximum absolute atomic E-state index is 5.27. The molecule has 2 aromatic heterocycles. The molecule has 0 unspecified atom stereocenters. The van der Waals surface area contributed by atoms with Crippen molar-refractivity contribution in [3.8, 4) is 0 Å². The summed E-state index contributed by atoms with van der Waals surface area (Å²) in [6.45, 7) is 0.862. The minimum Gasteiger partial charge on any atom is -0.247 e. The molecule has 0 amide bonds. The molecule has 0 spiro atoms. The van der Waals surface area contributed by atoms with E-state index in [1.807, 2.05) is 18.0 Å². The molecule has 0 aromatic carbocycles. The van der Waals surface area contributed by atoms with Crippen molar-refractivity contribution in [1.29, 1.82) is 0 Å². The standard InChI is InChI=1S/C9H12N4S6/c1-12-8(14)19-7(10-12)17-5-3-4-13-9(15)18-6(11-13)16-2/h3-5H2,1-2H3. The average Bonchev–Trinajstić information content (AvgIpc) is 2.89. The number of aryl methyl sites for hydroxylation is 2. The van der Waals surface area contributed by atoms with Gasteiger partial charge in [-0.25, -0.2) is 9.36 Å². The van der Waals surface area contributed by atoms with Gasteiger partial charge in [-0.05, 0) is 37.1 Å². The highest BCUT2D eigenvalue weighted by Gasteiger charge is 2.04. The topological polar surface area (TPSA) is 35.6 Å². The predicted molar refractivity (Wildman–Crippen MR) is 90.0 cm³/mol. The molecule has 0 aliphatic heterocycles. The van der Waals surface area contributed by atoms with E-state index in [-0.39, 0.29) is 0 Å². The fourth-order valence-electron chi connectivity index (χ4n) is 1.27. The van der Waals surface area contributed by atoms with Gasteiger partial charge in [0.15, 0.2) is 16.6 Å². The van der Waals surface area contributed by atoms with Gasteiger partial charge in [0.1, 0.15) is 0 Å². The van der Waals surface area contributed by atoms with Gasteiger partial charge in [-0.2, -0.15) is 10.2 Å². The van der Waals surface area contributed by atoms with Gasteiger partial charge < -0.3 is 0 Å². The van der Waals surface area contributed by atoms with Gasteiger partial charge in [0.2, 0.25) is 0 Å². The fourth-order valence-corrected chi connectivity index (χ4v) is 5.34. The van der Waals surface area contributed by atoms with Crippen LogP contribution in [0.3, 0.4) is 0 Å². The van der Waals surface area contributed by atoms with E-state index >= 15 is 0 Å². The van der Waals surface area contributed by atoms with Crippen LogP contribution >= 0.6 is 70.6 Å². The van der Waals surface area contributed by atoms with Crippen LogP contribution < -0.4 is 0 Å². The van der Waals surface area contributed by atoms with Crippen molar-refractivity contribution in [3.63, 3.8) is 0 Å². The second kappa shape index (κ2) is 7.32. The number of hydrogen-bond acceptors (Lipinski definition) is 8. The molecule has 0 aliphatic rings. The molecule has 2 heterocycles. The quantitative estimate of drug-likeness (QED) is 0.434. The van der Waals surface area contributed by atoms with Crippen LogP contribution in [0.2, 0.25) is 0 Å². The summed E-state index contributed by atoms with van der Waals surface area (Å²) < 4.78 is 7.37. The zero-order valence-corrected chi connectivity index (χ0v) is 15.3. The Bertz CT molecular complexity index is 650. The van der Waals surface area contributed by atoms with Crippen molar-refractivity contribution in [2.24, 2.45) is 7.05 Å². The number of aromatic nitrogens is 4. The lowest BCUT2D eigenvalue weighted by atomic mass is 10.5. The Balaban J connectivity index is 1.82. The molecule has 0 saturated heterocycles. The van der Waals surface area contributed by atoms with Gasteiger partial charge in [0.05, 0.1) is 0 Å². The summed E-state index contributed by atoms with van der Waals surface area (Å²) in [5, 5.41) is 8.78. The molecule has 19 heavy (non-hydrogen) atoms. The lowest BCUT2D eigenvalue weighted by Crippen LogP contribution is -2.01. The van der Waals surface area contributed by atoms with Crippen LogP contribution in [0.1, 0.15) is 6.42 Å². The third-order valence-electron chi connectivity index (χ3n) is 2.17. The molecule has 0 aliphatic carbocycles. The normalized spacial score (nSPS) is 11.1. The van der Waals surface area contributed by atoms with E-state index in [0.717, 1.165) is 35.3 Å². The van der Waals surface area contributed by atoms with E-state index in [4.69, 9.17) is 24.4 Å².